The Morgan fingerprint density at radius 3 is 1.16 bits per heavy atom. The lowest BCUT2D eigenvalue weighted by Gasteiger charge is -2.23. The van der Waals surface area contributed by atoms with E-state index in [4.69, 9.17) is 14.8 Å². The summed E-state index contributed by atoms with van der Waals surface area (Å²) in [4.78, 5) is 22.7. The molecule has 0 aromatic heterocycles. The Labute approximate surface area is 379 Å². The van der Waals surface area contributed by atoms with Crippen LogP contribution in [0.15, 0.2) is 12.2 Å². The molecule has 9 heteroatoms. The van der Waals surface area contributed by atoms with Crippen molar-refractivity contribution in [3.63, 3.8) is 0 Å². The van der Waals surface area contributed by atoms with Gasteiger partial charge in [-0.15, -0.1) is 0 Å². The number of nitrogens with one attached hydrogen (secondary N) is 1. The minimum absolute atomic E-state index is 0.0811. The van der Waals surface area contributed by atoms with E-state index in [2.05, 4.69) is 19.2 Å². The van der Waals surface area contributed by atoms with E-state index in [1.54, 1.807) is 6.08 Å². The molecule has 0 aliphatic rings. The number of allylic oxidation sites excluding steroid dienone is 1. The third-order valence-electron chi connectivity index (χ3n) is 12.4. The highest BCUT2D eigenvalue weighted by Gasteiger charge is 2.26. The summed E-state index contributed by atoms with van der Waals surface area (Å²) in [6.45, 7) is 4.14. The maximum atomic E-state index is 12.8. The predicted molar refractivity (Wildman–Crippen MR) is 263 cm³/mol. The molecule has 364 valence electrons. The summed E-state index contributed by atoms with van der Waals surface area (Å²) >= 11 is 0. The van der Waals surface area contributed by atoms with Crippen molar-refractivity contribution in [3.8, 4) is 0 Å². The van der Waals surface area contributed by atoms with Gasteiger partial charge in [0.25, 0.3) is 0 Å². The van der Waals surface area contributed by atoms with E-state index in [0.29, 0.717) is 6.42 Å². The number of aliphatic hydroxyl groups is 1. The van der Waals surface area contributed by atoms with E-state index >= 15 is 0 Å². The van der Waals surface area contributed by atoms with Crippen molar-refractivity contribution in [2.75, 3.05) is 19.8 Å². The van der Waals surface area contributed by atoms with Gasteiger partial charge < -0.3 is 21.1 Å². The van der Waals surface area contributed by atoms with Gasteiger partial charge in [-0.3, -0.25) is 13.8 Å². The molecule has 5 N–H and O–H groups in total. The molecule has 0 saturated heterocycles. The highest BCUT2D eigenvalue weighted by Crippen LogP contribution is 2.43. The molecule has 0 heterocycles. The molecule has 61 heavy (non-hydrogen) atoms. The summed E-state index contributed by atoms with van der Waals surface area (Å²) in [6, 6.07) is -0.854. The van der Waals surface area contributed by atoms with Gasteiger partial charge >= 0.3 is 7.82 Å². The number of carbonyl (C=O) groups is 1. The quantitative estimate of drug-likeness (QED) is 0.0272. The van der Waals surface area contributed by atoms with E-state index in [-0.39, 0.29) is 25.7 Å². The number of unbranched alkanes of at least 4 members (excludes halogenated alkanes) is 39. The number of phosphoric acid groups is 1. The van der Waals surface area contributed by atoms with Crippen molar-refractivity contribution in [3.05, 3.63) is 12.2 Å². The number of rotatable bonds is 51. The average Bonchev–Trinajstić information content (AvgIpc) is 3.25. The largest absolute Gasteiger partial charge is 0.472 e. The van der Waals surface area contributed by atoms with Crippen LogP contribution in [0.3, 0.4) is 0 Å². The number of aliphatic hydroxyl groups excluding tert-OH is 1. The lowest BCUT2D eigenvalue weighted by molar-refractivity contribution is -0.123. The van der Waals surface area contributed by atoms with Crippen LogP contribution >= 0.6 is 7.82 Å². The highest BCUT2D eigenvalue weighted by molar-refractivity contribution is 7.47. The van der Waals surface area contributed by atoms with Gasteiger partial charge in [-0.25, -0.2) is 4.57 Å². The molecule has 3 atom stereocenters. The molecule has 0 rings (SSSR count). The van der Waals surface area contributed by atoms with Gasteiger partial charge in [-0.2, -0.15) is 0 Å². The second-order valence-electron chi connectivity index (χ2n) is 18.5. The van der Waals surface area contributed by atoms with Gasteiger partial charge in [0.15, 0.2) is 0 Å². The van der Waals surface area contributed by atoms with Crippen LogP contribution in [0.2, 0.25) is 0 Å². The smallest absolute Gasteiger partial charge is 0.387 e. The molecular weight excluding hydrogens is 780 g/mol. The first-order valence-corrected chi connectivity index (χ1v) is 28.3. The Balaban J connectivity index is 3.73. The average molecular weight is 885 g/mol. The van der Waals surface area contributed by atoms with E-state index in [0.717, 1.165) is 38.5 Å². The second-order valence-corrected chi connectivity index (χ2v) is 19.9. The minimum atomic E-state index is -4.33. The first-order valence-electron chi connectivity index (χ1n) is 26.8. The van der Waals surface area contributed by atoms with Crippen LogP contribution in [0, 0.1) is 0 Å². The van der Waals surface area contributed by atoms with Crippen molar-refractivity contribution in [1.29, 1.82) is 0 Å². The van der Waals surface area contributed by atoms with E-state index in [9.17, 15) is 19.4 Å². The van der Waals surface area contributed by atoms with Crippen molar-refractivity contribution >= 4 is 13.7 Å². The Morgan fingerprint density at radius 2 is 0.836 bits per heavy atom. The third kappa shape index (κ3) is 47.0. The zero-order valence-corrected chi connectivity index (χ0v) is 41.6. The lowest BCUT2D eigenvalue weighted by atomic mass is 10.0. The molecule has 0 aromatic rings. The maximum absolute atomic E-state index is 12.8. The number of nitrogens with two attached hydrogens (primary N) is 1. The third-order valence-corrected chi connectivity index (χ3v) is 13.3. The van der Waals surface area contributed by atoms with Gasteiger partial charge in [0.05, 0.1) is 25.4 Å². The Bertz CT molecular complexity index is 968. The number of carbonyl (C=O) groups excluding carboxylic acids is 1. The summed E-state index contributed by atoms with van der Waals surface area (Å²) in [6.07, 6.45) is 57.6. The maximum Gasteiger partial charge on any atom is 0.472 e. The molecule has 0 radical (unpaired) electrons. The normalized spacial score (nSPS) is 13.9. The molecule has 8 nitrogen and oxygen atoms in total. The van der Waals surface area contributed by atoms with Crippen LogP contribution in [0.4, 0.5) is 0 Å². The fraction of sp³-hybridized carbons (Fsp3) is 0.942. The van der Waals surface area contributed by atoms with E-state index < -0.39 is 20.0 Å². The van der Waals surface area contributed by atoms with Gasteiger partial charge in [0, 0.05) is 13.0 Å². The van der Waals surface area contributed by atoms with Crippen LogP contribution < -0.4 is 11.1 Å². The van der Waals surface area contributed by atoms with Crippen molar-refractivity contribution < 1.29 is 28.4 Å². The summed E-state index contributed by atoms with van der Waals surface area (Å²) in [5, 5.41) is 13.6. The monoisotopic (exact) mass is 885 g/mol. The molecule has 0 spiro atoms. The van der Waals surface area contributed by atoms with Crippen molar-refractivity contribution in [2.45, 2.75) is 296 Å². The fourth-order valence-electron chi connectivity index (χ4n) is 8.31. The second kappa shape index (κ2) is 48.7. The van der Waals surface area contributed by atoms with Crippen LogP contribution in [-0.2, 0) is 18.4 Å². The van der Waals surface area contributed by atoms with Gasteiger partial charge in [0.1, 0.15) is 0 Å². The van der Waals surface area contributed by atoms with E-state index in [1.807, 2.05) is 6.08 Å². The molecule has 0 aliphatic carbocycles. The zero-order valence-electron chi connectivity index (χ0n) is 40.7. The van der Waals surface area contributed by atoms with E-state index in [1.165, 1.54) is 225 Å². The van der Waals surface area contributed by atoms with Crippen LogP contribution in [0.1, 0.15) is 284 Å². The zero-order chi connectivity index (χ0) is 44.6. The summed E-state index contributed by atoms with van der Waals surface area (Å²) in [7, 11) is -4.33. The molecule has 0 aliphatic heterocycles. The highest BCUT2D eigenvalue weighted by atomic mass is 31.2. The summed E-state index contributed by atoms with van der Waals surface area (Å²) in [5.41, 5.74) is 5.37. The number of phosphoric ester groups is 1. The number of amides is 1. The standard InChI is InChI=1S/C52H105N2O6P/c1-3-5-7-9-11-13-14-15-16-17-18-19-20-21-22-23-24-25-26-27-28-29-30-31-32-33-34-35-36-38-40-42-44-46-52(56)54-50(49-60-61(57,58)59-48-47-53)51(55)45-43-41-39-37-12-10-8-6-4-2/h43,45,50-51,55H,3-42,44,46-49,53H2,1-2H3,(H,54,56)(H,57,58)/b45-43+/t50-,51+/m0/s1. The topological polar surface area (TPSA) is 131 Å². The van der Waals surface area contributed by atoms with Gasteiger partial charge in [-0.1, -0.05) is 270 Å². The number of hydrogen-bond donors (Lipinski definition) is 4. The van der Waals surface area contributed by atoms with Gasteiger partial charge in [-0.05, 0) is 19.3 Å². The number of hydrogen-bond acceptors (Lipinski definition) is 6. The molecule has 1 unspecified atom stereocenters. The van der Waals surface area contributed by atoms with Crippen LogP contribution in [0.25, 0.3) is 0 Å². The Kier molecular flexibility index (Phi) is 48.1. The summed E-state index contributed by atoms with van der Waals surface area (Å²) < 4.78 is 22.1. The lowest BCUT2D eigenvalue weighted by Crippen LogP contribution is -2.45. The SMILES string of the molecule is CCCCCCCCC/C=C/[C@@H](O)[C@H](COP(=O)(O)OCCN)NC(=O)CCCCCCCCCCCCCCCCCCCCCCCCCCCCCCCCCCC. The minimum Gasteiger partial charge on any atom is -0.387 e. The fourth-order valence-corrected chi connectivity index (χ4v) is 9.07. The Morgan fingerprint density at radius 1 is 0.525 bits per heavy atom. The summed E-state index contributed by atoms with van der Waals surface area (Å²) in [5.74, 6) is -0.190. The molecule has 0 fully saturated rings. The molecule has 1 amide bonds. The molecule has 0 bridgehead atoms. The van der Waals surface area contributed by atoms with Crippen LogP contribution in [-0.4, -0.2) is 47.8 Å². The Hall–Kier alpha value is -0.760. The molecular formula is C52H105N2O6P. The predicted octanol–water partition coefficient (Wildman–Crippen LogP) is 15.9. The van der Waals surface area contributed by atoms with Crippen molar-refractivity contribution in [2.24, 2.45) is 5.73 Å². The molecule has 0 saturated carbocycles. The van der Waals surface area contributed by atoms with Gasteiger partial charge in [0.2, 0.25) is 5.91 Å². The van der Waals surface area contributed by atoms with Crippen LogP contribution in [0.5, 0.6) is 0 Å². The first-order chi connectivity index (χ1) is 29.9. The van der Waals surface area contributed by atoms with Crippen molar-refractivity contribution in [1.82, 2.24) is 5.32 Å². The molecule has 0 aromatic carbocycles. The first kappa shape index (κ1) is 60.2.